The summed E-state index contributed by atoms with van der Waals surface area (Å²) >= 11 is 2.12. The second-order valence-electron chi connectivity index (χ2n) is 5.65. The molecule has 1 unspecified atom stereocenters. The first-order valence-corrected chi connectivity index (χ1v) is 7.57. The van der Waals surface area contributed by atoms with Gasteiger partial charge in [0, 0.05) is 23.5 Å². The van der Waals surface area contributed by atoms with Gasteiger partial charge < -0.3 is 9.88 Å². The lowest BCUT2D eigenvalue weighted by Gasteiger charge is -2.24. The van der Waals surface area contributed by atoms with E-state index in [1.165, 1.54) is 31.4 Å². The highest BCUT2D eigenvalue weighted by atomic mass is 32.2. The molecule has 0 spiro atoms. The van der Waals surface area contributed by atoms with Gasteiger partial charge in [0.05, 0.1) is 5.69 Å². The molecule has 2 heterocycles. The standard InChI is InChI=1S/C13H21N3S/c1-10-8-16(9-13(2)6-3-7-17-13)12(14-10)15-11-4-5-11/h8,11H,3-7,9H2,1-2H3,(H,14,15). The van der Waals surface area contributed by atoms with Gasteiger partial charge in [-0.3, -0.25) is 0 Å². The Morgan fingerprint density at radius 1 is 1.59 bits per heavy atom. The highest BCUT2D eigenvalue weighted by Gasteiger charge is 2.31. The van der Waals surface area contributed by atoms with Crippen molar-refractivity contribution < 1.29 is 0 Å². The summed E-state index contributed by atoms with van der Waals surface area (Å²) in [7, 11) is 0. The number of rotatable bonds is 4. The molecule has 1 aromatic rings. The van der Waals surface area contributed by atoms with Crippen molar-refractivity contribution in [1.82, 2.24) is 9.55 Å². The molecular weight excluding hydrogens is 230 g/mol. The Morgan fingerprint density at radius 2 is 2.41 bits per heavy atom. The SMILES string of the molecule is Cc1cn(CC2(C)CCCS2)c(NC2CC2)n1. The number of hydrogen-bond acceptors (Lipinski definition) is 3. The molecule has 0 aromatic carbocycles. The number of aryl methyl sites for hydroxylation is 1. The van der Waals surface area contributed by atoms with Crippen LogP contribution in [0, 0.1) is 6.92 Å². The first kappa shape index (κ1) is 11.5. The van der Waals surface area contributed by atoms with Crippen molar-refractivity contribution in [1.29, 1.82) is 0 Å². The molecule has 0 radical (unpaired) electrons. The molecule has 3 nitrogen and oxygen atoms in total. The van der Waals surface area contributed by atoms with Gasteiger partial charge in [0.2, 0.25) is 5.95 Å². The summed E-state index contributed by atoms with van der Waals surface area (Å²) < 4.78 is 2.74. The summed E-state index contributed by atoms with van der Waals surface area (Å²) in [6, 6.07) is 0.680. The predicted octanol–water partition coefficient (Wildman–Crippen LogP) is 3.05. The fourth-order valence-corrected chi connectivity index (χ4v) is 3.82. The third kappa shape index (κ3) is 2.62. The molecule has 2 aliphatic rings. The van der Waals surface area contributed by atoms with Crippen LogP contribution < -0.4 is 5.32 Å². The molecule has 17 heavy (non-hydrogen) atoms. The first-order valence-electron chi connectivity index (χ1n) is 6.59. The van der Waals surface area contributed by atoms with E-state index in [0.717, 1.165) is 18.2 Å². The van der Waals surface area contributed by atoms with E-state index >= 15 is 0 Å². The van der Waals surface area contributed by atoms with Gasteiger partial charge in [-0.2, -0.15) is 11.8 Å². The van der Waals surface area contributed by atoms with Gasteiger partial charge in [0.1, 0.15) is 0 Å². The maximum Gasteiger partial charge on any atom is 0.203 e. The maximum absolute atomic E-state index is 4.61. The number of imidazole rings is 1. The first-order chi connectivity index (χ1) is 8.15. The van der Waals surface area contributed by atoms with Crippen molar-refractivity contribution in [3.05, 3.63) is 11.9 Å². The lowest BCUT2D eigenvalue weighted by Crippen LogP contribution is -2.24. The van der Waals surface area contributed by atoms with Crippen molar-refractivity contribution in [3.63, 3.8) is 0 Å². The van der Waals surface area contributed by atoms with E-state index in [-0.39, 0.29) is 0 Å². The smallest absolute Gasteiger partial charge is 0.203 e. The van der Waals surface area contributed by atoms with Crippen molar-refractivity contribution in [2.75, 3.05) is 11.1 Å². The van der Waals surface area contributed by atoms with Gasteiger partial charge in [-0.25, -0.2) is 4.98 Å². The minimum Gasteiger partial charge on any atom is -0.353 e. The lowest BCUT2D eigenvalue weighted by atomic mass is 10.1. The van der Waals surface area contributed by atoms with Crippen molar-refractivity contribution >= 4 is 17.7 Å². The van der Waals surface area contributed by atoms with Gasteiger partial charge in [-0.15, -0.1) is 0 Å². The zero-order chi connectivity index (χ0) is 11.9. The third-order valence-corrected chi connectivity index (χ3v) is 5.14. The largest absolute Gasteiger partial charge is 0.353 e. The Balaban J connectivity index is 1.76. The van der Waals surface area contributed by atoms with Crippen LogP contribution in [0.4, 0.5) is 5.95 Å². The maximum atomic E-state index is 4.61. The summed E-state index contributed by atoms with van der Waals surface area (Å²) in [5.41, 5.74) is 1.12. The van der Waals surface area contributed by atoms with Crippen molar-refractivity contribution in [2.24, 2.45) is 0 Å². The van der Waals surface area contributed by atoms with Gasteiger partial charge in [-0.1, -0.05) is 0 Å². The average Bonchev–Trinajstić information content (AvgIpc) is 2.88. The van der Waals surface area contributed by atoms with Crippen LogP contribution in [0.25, 0.3) is 0 Å². The van der Waals surface area contributed by atoms with E-state index in [1.807, 2.05) is 0 Å². The molecule has 94 valence electrons. The number of nitrogens with one attached hydrogen (secondary N) is 1. The predicted molar refractivity (Wildman–Crippen MR) is 73.7 cm³/mol. The second kappa shape index (κ2) is 4.23. The Hall–Kier alpha value is -0.640. The van der Waals surface area contributed by atoms with Crippen LogP contribution in [-0.2, 0) is 6.54 Å². The molecule has 4 heteroatoms. The molecule has 3 rings (SSSR count). The molecular formula is C13H21N3S. The summed E-state index contributed by atoms with van der Waals surface area (Å²) in [6.45, 7) is 5.56. The molecule has 1 N–H and O–H groups in total. The number of hydrogen-bond donors (Lipinski definition) is 1. The minimum atomic E-state index is 0.410. The van der Waals surface area contributed by atoms with E-state index in [4.69, 9.17) is 0 Å². The molecule has 1 aliphatic carbocycles. The summed E-state index contributed by atoms with van der Waals surface area (Å²) in [4.78, 5) is 4.61. The van der Waals surface area contributed by atoms with Crippen LogP contribution in [0.3, 0.4) is 0 Å². The Morgan fingerprint density at radius 3 is 3.06 bits per heavy atom. The van der Waals surface area contributed by atoms with Crippen LogP contribution in [0.1, 0.15) is 38.3 Å². The number of nitrogens with zero attached hydrogens (tertiary/aromatic N) is 2. The Bertz CT molecular complexity index is 403. The molecule has 1 atom stereocenters. The number of aromatic nitrogens is 2. The van der Waals surface area contributed by atoms with Crippen LogP contribution in [0.2, 0.25) is 0 Å². The topological polar surface area (TPSA) is 29.9 Å². The van der Waals surface area contributed by atoms with Crippen LogP contribution in [-0.4, -0.2) is 26.1 Å². The van der Waals surface area contributed by atoms with Crippen LogP contribution in [0.15, 0.2) is 6.20 Å². The lowest BCUT2D eigenvalue weighted by molar-refractivity contribution is 0.513. The highest BCUT2D eigenvalue weighted by molar-refractivity contribution is 8.00. The second-order valence-corrected chi connectivity index (χ2v) is 7.34. The molecule has 1 aliphatic heterocycles. The van der Waals surface area contributed by atoms with E-state index in [9.17, 15) is 0 Å². The van der Waals surface area contributed by atoms with Crippen LogP contribution >= 0.6 is 11.8 Å². The van der Waals surface area contributed by atoms with Gasteiger partial charge in [0.25, 0.3) is 0 Å². The molecule has 0 bridgehead atoms. The zero-order valence-electron chi connectivity index (χ0n) is 10.7. The highest BCUT2D eigenvalue weighted by Crippen LogP contribution is 2.39. The molecule has 1 aromatic heterocycles. The Labute approximate surface area is 107 Å². The van der Waals surface area contributed by atoms with Crippen molar-refractivity contribution in [3.8, 4) is 0 Å². The van der Waals surface area contributed by atoms with E-state index in [2.05, 4.69) is 46.7 Å². The van der Waals surface area contributed by atoms with Crippen LogP contribution in [0.5, 0.6) is 0 Å². The fourth-order valence-electron chi connectivity index (χ4n) is 2.51. The zero-order valence-corrected chi connectivity index (χ0v) is 11.5. The molecule has 1 saturated heterocycles. The molecule has 2 fully saturated rings. The van der Waals surface area contributed by atoms with E-state index < -0.39 is 0 Å². The quantitative estimate of drug-likeness (QED) is 0.892. The van der Waals surface area contributed by atoms with Gasteiger partial charge >= 0.3 is 0 Å². The third-order valence-electron chi connectivity index (χ3n) is 3.61. The molecule has 1 saturated carbocycles. The minimum absolute atomic E-state index is 0.410. The normalized spacial score (nSPS) is 28.6. The van der Waals surface area contributed by atoms with E-state index in [0.29, 0.717) is 10.8 Å². The van der Waals surface area contributed by atoms with E-state index in [1.54, 1.807) is 0 Å². The van der Waals surface area contributed by atoms with Crippen molar-refractivity contribution in [2.45, 2.75) is 56.9 Å². The molecule has 0 amide bonds. The van der Waals surface area contributed by atoms with Gasteiger partial charge in [0.15, 0.2) is 0 Å². The number of anilines is 1. The summed E-state index contributed by atoms with van der Waals surface area (Å²) in [5, 5.41) is 3.54. The van der Waals surface area contributed by atoms with Gasteiger partial charge in [-0.05, 0) is 45.3 Å². The Kier molecular flexibility index (Phi) is 2.85. The summed E-state index contributed by atoms with van der Waals surface area (Å²) in [5.74, 6) is 2.40. The average molecular weight is 251 g/mol. The number of thioether (sulfide) groups is 1. The monoisotopic (exact) mass is 251 g/mol. The fraction of sp³-hybridized carbons (Fsp3) is 0.769. The summed E-state index contributed by atoms with van der Waals surface area (Å²) in [6.07, 6.45) is 7.49.